The first kappa shape index (κ1) is 17.2. The fourth-order valence-corrected chi connectivity index (χ4v) is 2.57. The summed E-state index contributed by atoms with van der Waals surface area (Å²) in [6.07, 6.45) is -0.210. The van der Waals surface area contributed by atoms with Gasteiger partial charge in [0.15, 0.2) is 0 Å². The normalized spacial score (nSPS) is 18.5. The number of nitrogens with zero attached hydrogens (tertiary/aromatic N) is 1. The number of methoxy groups -OCH3 is 1. The standard InChI is InChI=1S/C16H22N2O5/c1-22-8-9-23-14-5-3-2-4-12(14)11-18-7-6-17-16(21)13(18)10-15(19)20/h2-5,13H,6-11H2,1H3,(H,17,21)(H,19,20). The van der Waals surface area contributed by atoms with Gasteiger partial charge in [-0.05, 0) is 6.07 Å². The summed E-state index contributed by atoms with van der Waals surface area (Å²) in [4.78, 5) is 24.8. The maximum Gasteiger partial charge on any atom is 0.305 e. The molecule has 1 unspecified atom stereocenters. The summed E-state index contributed by atoms with van der Waals surface area (Å²) in [5.74, 6) is -0.497. The van der Waals surface area contributed by atoms with Crippen LogP contribution in [-0.4, -0.2) is 61.3 Å². The van der Waals surface area contributed by atoms with E-state index < -0.39 is 12.0 Å². The predicted octanol–water partition coefficient (Wildman–Crippen LogP) is 0.487. The van der Waals surface area contributed by atoms with Gasteiger partial charge < -0.3 is 19.9 Å². The number of hydrogen-bond acceptors (Lipinski definition) is 5. The minimum Gasteiger partial charge on any atom is -0.491 e. The molecule has 1 fully saturated rings. The van der Waals surface area contributed by atoms with E-state index in [4.69, 9.17) is 14.6 Å². The molecule has 1 aliphatic heterocycles. The molecule has 0 aromatic heterocycles. The largest absolute Gasteiger partial charge is 0.491 e. The highest BCUT2D eigenvalue weighted by atomic mass is 16.5. The molecule has 7 nitrogen and oxygen atoms in total. The molecule has 0 radical (unpaired) electrons. The first-order chi connectivity index (χ1) is 11.1. The molecule has 0 saturated carbocycles. The Hall–Kier alpha value is -2.12. The number of piperazine rings is 1. The van der Waals surface area contributed by atoms with Gasteiger partial charge in [0.1, 0.15) is 18.4 Å². The molecule has 2 rings (SSSR count). The zero-order valence-electron chi connectivity index (χ0n) is 13.2. The monoisotopic (exact) mass is 322 g/mol. The Bertz CT molecular complexity index is 549. The van der Waals surface area contributed by atoms with Crippen molar-refractivity contribution in [1.29, 1.82) is 0 Å². The second-order valence-electron chi connectivity index (χ2n) is 5.32. The van der Waals surface area contributed by atoms with E-state index in [-0.39, 0.29) is 12.3 Å². The van der Waals surface area contributed by atoms with Crippen molar-refractivity contribution in [2.75, 3.05) is 33.4 Å². The Morgan fingerprint density at radius 1 is 1.39 bits per heavy atom. The van der Waals surface area contributed by atoms with Crippen molar-refractivity contribution in [2.45, 2.75) is 19.0 Å². The van der Waals surface area contributed by atoms with E-state index in [1.54, 1.807) is 7.11 Å². The maximum absolute atomic E-state index is 12.0. The van der Waals surface area contributed by atoms with E-state index in [9.17, 15) is 9.59 Å². The molecule has 0 spiro atoms. The number of carboxylic acids is 1. The Morgan fingerprint density at radius 3 is 2.91 bits per heavy atom. The van der Waals surface area contributed by atoms with E-state index in [2.05, 4.69) is 5.32 Å². The van der Waals surface area contributed by atoms with Crippen LogP contribution in [0.2, 0.25) is 0 Å². The van der Waals surface area contributed by atoms with Crippen molar-refractivity contribution in [3.63, 3.8) is 0 Å². The minimum absolute atomic E-state index is 0.210. The number of ether oxygens (including phenoxy) is 2. The Kier molecular flexibility index (Phi) is 6.37. The molecule has 1 heterocycles. The summed E-state index contributed by atoms with van der Waals surface area (Å²) in [6.45, 7) is 2.51. The Labute approximate surface area is 135 Å². The van der Waals surface area contributed by atoms with Gasteiger partial charge in [0, 0.05) is 32.3 Å². The van der Waals surface area contributed by atoms with Gasteiger partial charge in [-0.25, -0.2) is 0 Å². The highest BCUT2D eigenvalue weighted by Crippen LogP contribution is 2.22. The predicted molar refractivity (Wildman–Crippen MR) is 83.3 cm³/mol. The van der Waals surface area contributed by atoms with Gasteiger partial charge in [-0.1, -0.05) is 18.2 Å². The number of carboxylic acid groups (broad SMARTS) is 1. The van der Waals surface area contributed by atoms with Crippen LogP contribution in [0.4, 0.5) is 0 Å². The van der Waals surface area contributed by atoms with Crippen LogP contribution in [-0.2, 0) is 20.9 Å². The lowest BCUT2D eigenvalue weighted by molar-refractivity contribution is -0.143. The van der Waals surface area contributed by atoms with Gasteiger partial charge in [0.05, 0.1) is 13.0 Å². The fourth-order valence-electron chi connectivity index (χ4n) is 2.57. The van der Waals surface area contributed by atoms with Crippen LogP contribution in [0.15, 0.2) is 24.3 Å². The minimum atomic E-state index is -0.985. The van der Waals surface area contributed by atoms with E-state index in [0.717, 1.165) is 11.3 Å². The quantitative estimate of drug-likeness (QED) is 0.677. The molecule has 1 saturated heterocycles. The lowest BCUT2D eigenvalue weighted by Gasteiger charge is -2.34. The molecule has 0 bridgehead atoms. The molecule has 7 heteroatoms. The van der Waals surface area contributed by atoms with Crippen LogP contribution in [0.1, 0.15) is 12.0 Å². The van der Waals surface area contributed by atoms with Crippen LogP contribution in [0, 0.1) is 0 Å². The lowest BCUT2D eigenvalue weighted by atomic mass is 10.1. The first-order valence-corrected chi connectivity index (χ1v) is 7.55. The number of hydrogen-bond donors (Lipinski definition) is 2. The van der Waals surface area contributed by atoms with Crippen molar-refractivity contribution in [1.82, 2.24) is 10.2 Å². The summed E-state index contributed by atoms with van der Waals surface area (Å²) in [6, 6.07) is 6.90. The van der Waals surface area contributed by atoms with Gasteiger partial charge in [0.2, 0.25) is 5.91 Å². The van der Waals surface area contributed by atoms with Crippen molar-refractivity contribution in [3.05, 3.63) is 29.8 Å². The number of rotatable bonds is 8. The molecule has 1 aromatic rings. The average molecular weight is 322 g/mol. The number of carbonyl (C=O) groups is 2. The summed E-state index contributed by atoms with van der Waals surface area (Å²) in [7, 11) is 1.61. The third-order valence-corrected chi connectivity index (χ3v) is 3.70. The summed E-state index contributed by atoms with van der Waals surface area (Å²) >= 11 is 0. The van der Waals surface area contributed by atoms with E-state index in [1.165, 1.54) is 0 Å². The van der Waals surface area contributed by atoms with E-state index in [1.807, 2.05) is 29.2 Å². The molecule has 1 aromatic carbocycles. The highest BCUT2D eigenvalue weighted by Gasteiger charge is 2.31. The van der Waals surface area contributed by atoms with Gasteiger partial charge in [0.25, 0.3) is 0 Å². The molecule has 126 valence electrons. The summed E-state index contributed by atoms with van der Waals surface area (Å²) in [5.41, 5.74) is 0.925. The van der Waals surface area contributed by atoms with Crippen molar-refractivity contribution in [2.24, 2.45) is 0 Å². The molecular formula is C16H22N2O5. The van der Waals surface area contributed by atoms with Gasteiger partial charge in [-0.2, -0.15) is 0 Å². The van der Waals surface area contributed by atoms with Crippen LogP contribution in [0.3, 0.4) is 0 Å². The van der Waals surface area contributed by atoms with Crippen molar-refractivity contribution >= 4 is 11.9 Å². The van der Waals surface area contributed by atoms with Crippen LogP contribution in [0.25, 0.3) is 0 Å². The smallest absolute Gasteiger partial charge is 0.305 e. The first-order valence-electron chi connectivity index (χ1n) is 7.55. The zero-order valence-corrected chi connectivity index (χ0v) is 13.2. The number of para-hydroxylation sites is 1. The third kappa shape index (κ3) is 4.94. The van der Waals surface area contributed by atoms with Crippen LogP contribution >= 0.6 is 0 Å². The fraction of sp³-hybridized carbons (Fsp3) is 0.500. The summed E-state index contributed by atoms with van der Waals surface area (Å²) in [5, 5.41) is 11.7. The maximum atomic E-state index is 12.0. The second kappa shape index (κ2) is 8.50. The Balaban J connectivity index is 2.09. The number of benzene rings is 1. The highest BCUT2D eigenvalue weighted by molar-refractivity contribution is 5.86. The molecule has 23 heavy (non-hydrogen) atoms. The molecule has 1 atom stereocenters. The molecule has 1 amide bonds. The SMILES string of the molecule is COCCOc1ccccc1CN1CCNC(=O)C1CC(=O)O. The van der Waals surface area contributed by atoms with E-state index in [0.29, 0.717) is 32.8 Å². The summed E-state index contributed by atoms with van der Waals surface area (Å²) < 4.78 is 10.7. The number of aliphatic carboxylic acids is 1. The second-order valence-corrected chi connectivity index (χ2v) is 5.32. The van der Waals surface area contributed by atoms with Gasteiger partial charge in [-0.15, -0.1) is 0 Å². The molecule has 1 aliphatic rings. The van der Waals surface area contributed by atoms with Gasteiger partial charge in [-0.3, -0.25) is 14.5 Å². The topological polar surface area (TPSA) is 88.1 Å². The van der Waals surface area contributed by atoms with Gasteiger partial charge >= 0.3 is 5.97 Å². The van der Waals surface area contributed by atoms with Crippen molar-refractivity contribution < 1.29 is 24.2 Å². The van der Waals surface area contributed by atoms with Crippen molar-refractivity contribution in [3.8, 4) is 5.75 Å². The van der Waals surface area contributed by atoms with Crippen LogP contribution in [0.5, 0.6) is 5.75 Å². The lowest BCUT2D eigenvalue weighted by Crippen LogP contribution is -2.55. The number of nitrogens with one attached hydrogen (secondary N) is 1. The zero-order chi connectivity index (χ0) is 16.7. The molecule has 0 aliphatic carbocycles. The third-order valence-electron chi connectivity index (χ3n) is 3.70. The number of amides is 1. The average Bonchev–Trinajstić information content (AvgIpc) is 2.52. The van der Waals surface area contributed by atoms with E-state index >= 15 is 0 Å². The number of carbonyl (C=O) groups excluding carboxylic acids is 1. The van der Waals surface area contributed by atoms with Crippen LogP contribution < -0.4 is 10.1 Å². The Morgan fingerprint density at radius 2 is 2.17 bits per heavy atom. The molecular weight excluding hydrogens is 300 g/mol. The molecule has 2 N–H and O–H groups in total.